The minimum absolute atomic E-state index is 0.163. The van der Waals surface area contributed by atoms with Gasteiger partial charge in [-0.25, -0.2) is 4.39 Å². The summed E-state index contributed by atoms with van der Waals surface area (Å²) in [6.45, 7) is 0.163. The van der Waals surface area contributed by atoms with Crippen molar-refractivity contribution < 1.29 is 13.9 Å². The highest BCUT2D eigenvalue weighted by atomic mass is 32.1. The first-order valence-corrected chi connectivity index (χ1v) is 9.72. The molecule has 144 valence electrons. The van der Waals surface area contributed by atoms with Crippen LogP contribution in [0.3, 0.4) is 0 Å². The normalized spacial score (nSPS) is 19.4. The first-order chi connectivity index (χ1) is 13.5. The molecular formula is C22H21FN2O2S. The van der Waals surface area contributed by atoms with Crippen LogP contribution in [0.4, 0.5) is 4.39 Å². The zero-order chi connectivity index (χ0) is 19.7. The van der Waals surface area contributed by atoms with Crippen molar-refractivity contribution in [2.45, 2.75) is 31.9 Å². The van der Waals surface area contributed by atoms with E-state index >= 15 is 0 Å². The molecule has 6 heteroatoms. The molecule has 0 spiro atoms. The molecule has 0 saturated carbocycles. The molecule has 1 unspecified atom stereocenters. The number of nitrogens with one attached hydrogen (secondary N) is 1. The Morgan fingerprint density at radius 3 is 2.68 bits per heavy atom. The molecule has 1 N–H and O–H groups in total. The average molecular weight is 396 g/mol. The van der Waals surface area contributed by atoms with Gasteiger partial charge in [0.05, 0.1) is 6.04 Å². The molecule has 0 aromatic heterocycles. The van der Waals surface area contributed by atoms with E-state index in [1.54, 1.807) is 18.2 Å². The van der Waals surface area contributed by atoms with Crippen molar-refractivity contribution in [2.24, 2.45) is 0 Å². The van der Waals surface area contributed by atoms with Crippen LogP contribution in [0, 0.1) is 5.82 Å². The van der Waals surface area contributed by atoms with Gasteiger partial charge < -0.3 is 15.0 Å². The van der Waals surface area contributed by atoms with E-state index < -0.39 is 0 Å². The van der Waals surface area contributed by atoms with Crippen LogP contribution in [0.5, 0.6) is 5.75 Å². The van der Waals surface area contributed by atoms with Crippen molar-refractivity contribution in [1.82, 2.24) is 10.2 Å². The van der Waals surface area contributed by atoms with Crippen molar-refractivity contribution in [2.75, 3.05) is 7.05 Å². The van der Waals surface area contributed by atoms with Crippen LogP contribution in [0.15, 0.2) is 59.8 Å². The lowest BCUT2D eigenvalue weighted by Gasteiger charge is -2.39. The van der Waals surface area contributed by atoms with Crippen LogP contribution in [0.2, 0.25) is 0 Å². The fraction of sp³-hybridized carbons (Fsp3) is 0.273. The van der Waals surface area contributed by atoms with E-state index in [1.165, 1.54) is 6.07 Å². The predicted octanol–water partition coefficient (Wildman–Crippen LogP) is 4.27. The number of hydrogen-bond donors (Lipinski definition) is 1. The molecular weight excluding hydrogens is 375 g/mol. The quantitative estimate of drug-likeness (QED) is 0.782. The van der Waals surface area contributed by atoms with Gasteiger partial charge in [0.1, 0.15) is 18.2 Å². The number of Topliss-reactive ketones (excluding diaryl/α,β-unsaturated/α-hetero) is 1. The first-order valence-electron chi connectivity index (χ1n) is 9.31. The smallest absolute Gasteiger partial charge is 0.173 e. The standard InChI is InChI=1S/C22H21FN2O2S/c1-25-18-7-4-8-19(26)20(18)21(24-22(25)28)14-9-11-16(12-10-14)27-13-15-5-2-3-6-17(15)23/h2-3,5-6,9-12,21H,4,7-8,13H2,1H3,(H,24,28). The number of allylic oxidation sites excluding steroid dienone is 1. The molecule has 1 aliphatic carbocycles. The van der Waals surface area contributed by atoms with Crippen LogP contribution < -0.4 is 10.1 Å². The van der Waals surface area contributed by atoms with Gasteiger partial charge in [-0.05, 0) is 48.8 Å². The summed E-state index contributed by atoms with van der Waals surface area (Å²) in [6.07, 6.45) is 2.29. The number of benzene rings is 2. The molecule has 0 fully saturated rings. The molecule has 1 heterocycles. The summed E-state index contributed by atoms with van der Waals surface area (Å²) in [6, 6.07) is 13.8. The maximum atomic E-state index is 13.7. The lowest BCUT2D eigenvalue weighted by Crippen LogP contribution is -2.47. The van der Waals surface area contributed by atoms with E-state index in [0.717, 1.165) is 29.7 Å². The number of carbonyl (C=O) groups excluding carboxylic acids is 1. The molecule has 2 aliphatic rings. The van der Waals surface area contributed by atoms with Gasteiger partial charge in [0.25, 0.3) is 0 Å². The number of rotatable bonds is 4. The summed E-state index contributed by atoms with van der Waals surface area (Å²) in [4.78, 5) is 14.5. The number of carbonyl (C=O) groups is 1. The number of thiocarbonyl (C=S) groups is 1. The fourth-order valence-corrected chi connectivity index (χ4v) is 3.95. The van der Waals surface area contributed by atoms with Gasteiger partial charge in [-0.2, -0.15) is 0 Å². The second kappa shape index (κ2) is 7.72. The third-order valence-corrected chi connectivity index (χ3v) is 5.65. The van der Waals surface area contributed by atoms with Gasteiger partial charge >= 0.3 is 0 Å². The first kappa shape index (κ1) is 18.6. The van der Waals surface area contributed by atoms with Crippen molar-refractivity contribution in [1.29, 1.82) is 0 Å². The number of ketones is 1. The van der Waals surface area contributed by atoms with Gasteiger partial charge in [0.2, 0.25) is 0 Å². The van der Waals surface area contributed by atoms with Gasteiger partial charge in [-0.15, -0.1) is 0 Å². The summed E-state index contributed by atoms with van der Waals surface area (Å²) >= 11 is 5.46. The lowest BCUT2D eigenvalue weighted by molar-refractivity contribution is -0.116. The molecule has 0 amide bonds. The summed E-state index contributed by atoms with van der Waals surface area (Å²) in [5, 5.41) is 3.91. The Labute approximate surface area is 169 Å². The Hall–Kier alpha value is -2.73. The highest BCUT2D eigenvalue weighted by Gasteiger charge is 2.35. The Kier molecular flexibility index (Phi) is 5.13. The van der Waals surface area contributed by atoms with E-state index in [4.69, 9.17) is 17.0 Å². The topological polar surface area (TPSA) is 41.6 Å². The average Bonchev–Trinajstić information content (AvgIpc) is 2.71. The van der Waals surface area contributed by atoms with Crippen LogP contribution in [-0.2, 0) is 11.4 Å². The maximum absolute atomic E-state index is 13.7. The minimum Gasteiger partial charge on any atom is -0.489 e. The van der Waals surface area contributed by atoms with Crippen LogP contribution in [-0.4, -0.2) is 22.8 Å². The SMILES string of the molecule is CN1C(=S)NC(c2ccc(OCc3ccccc3F)cc2)C2=C1CCCC2=O. The maximum Gasteiger partial charge on any atom is 0.173 e. The number of halogens is 1. The third kappa shape index (κ3) is 3.52. The summed E-state index contributed by atoms with van der Waals surface area (Å²) in [5.41, 5.74) is 3.29. The largest absolute Gasteiger partial charge is 0.489 e. The van der Waals surface area contributed by atoms with E-state index in [2.05, 4.69) is 5.32 Å². The molecule has 28 heavy (non-hydrogen) atoms. The van der Waals surface area contributed by atoms with E-state index in [0.29, 0.717) is 22.8 Å². The molecule has 2 aromatic carbocycles. The number of ether oxygens (including phenoxy) is 1. The van der Waals surface area contributed by atoms with Crippen LogP contribution in [0.25, 0.3) is 0 Å². The molecule has 0 saturated heterocycles. The highest BCUT2D eigenvalue weighted by molar-refractivity contribution is 7.80. The molecule has 0 radical (unpaired) electrons. The summed E-state index contributed by atoms with van der Waals surface area (Å²) in [7, 11) is 1.90. The van der Waals surface area contributed by atoms with Crippen molar-refractivity contribution in [3.8, 4) is 5.75 Å². The third-order valence-electron chi connectivity index (χ3n) is 5.26. The minimum atomic E-state index is -0.279. The number of hydrogen-bond acceptors (Lipinski definition) is 3. The van der Waals surface area contributed by atoms with Crippen LogP contribution >= 0.6 is 12.2 Å². The predicted molar refractivity (Wildman–Crippen MR) is 109 cm³/mol. The monoisotopic (exact) mass is 396 g/mol. The second-order valence-electron chi connectivity index (χ2n) is 7.03. The molecule has 1 atom stereocenters. The highest BCUT2D eigenvalue weighted by Crippen LogP contribution is 2.37. The Morgan fingerprint density at radius 1 is 1.18 bits per heavy atom. The van der Waals surface area contributed by atoms with Crippen molar-refractivity contribution in [3.63, 3.8) is 0 Å². The Morgan fingerprint density at radius 2 is 1.93 bits per heavy atom. The molecule has 4 nitrogen and oxygen atoms in total. The molecule has 0 bridgehead atoms. The Balaban J connectivity index is 1.55. The summed E-state index contributed by atoms with van der Waals surface area (Å²) in [5.74, 6) is 0.540. The second-order valence-corrected chi connectivity index (χ2v) is 7.41. The van der Waals surface area contributed by atoms with Crippen molar-refractivity contribution in [3.05, 3.63) is 76.7 Å². The van der Waals surface area contributed by atoms with Gasteiger partial charge in [0.15, 0.2) is 10.9 Å². The van der Waals surface area contributed by atoms with Crippen LogP contribution in [0.1, 0.15) is 36.4 Å². The molecule has 4 rings (SSSR count). The zero-order valence-corrected chi connectivity index (χ0v) is 16.4. The van der Waals surface area contributed by atoms with E-state index in [1.807, 2.05) is 36.2 Å². The lowest BCUT2D eigenvalue weighted by atomic mass is 9.85. The van der Waals surface area contributed by atoms with E-state index in [-0.39, 0.29) is 24.2 Å². The van der Waals surface area contributed by atoms with Gasteiger partial charge in [-0.3, -0.25) is 4.79 Å². The van der Waals surface area contributed by atoms with Crippen molar-refractivity contribution >= 4 is 23.1 Å². The Bertz CT molecular complexity index is 955. The van der Waals surface area contributed by atoms with Gasteiger partial charge in [-0.1, -0.05) is 30.3 Å². The van der Waals surface area contributed by atoms with Gasteiger partial charge in [0, 0.05) is 30.3 Å². The fourth-order valence-electron chi connectivity index (χ4n) is 3.72. The zero-order valence-electron chi connectivity index (χ0n) is 15.6. The molecule has 1 aliphatic heterocycles. The summed E-state index contributed by atoms with van der Waals surface area (Å²) < 4.78 is 19.4. The number of nitrogens with zero attached hydrogens (tertiary/aromatic N) is 1. The van der Waals surface area contributed by atoms with E-state index in [9.17, 15) is 9.18 Å². The molecule has 2 aromatic rings.